The molecule has 134 valence electrons. The quantitative estimate of drug-likeness (QED) is 0.336. The Morgan fingerprint density at radius 2 is 1.80 bits per heavy atom. The van der Waals surface area contributed by atoms with Crippen LogP contribution in [-0.2, 0) is 0 Å². The van der Waals surface area contributed by atoms with Gasteiger partial charge in [0.15, 0.2) is 0 Å². The van der Waals surface area contributed by atoms with Crippen molar-refractivity contribution >= 4 is 5.71 Å². The van der Waals surface area contributed by atoms with Gasteiger partial charge in [-0.05, 0) is 51.7 Å². The van der Waals surface area contributed by atoms with Crippen LogP contribution in [0.3, 0.4) is 0 Å². The average molecular weight is 336 g/mol. The minimum absolute atomic E-state index is 0.0670. The fourth-order valence-electron chi connectivity index (χ4n) is 2.73. The molecule has 0 aromatic heterocycles. The van der Waals surface area contributed by atoms with Crippen LogP contribution in [0.4, 0.5) is 0 Å². The summed E-state index contributed by atoms with van der Waals surface area (Å²) in [6, 6.07) is 0.0670. The van der Waals surface area contributed by atoms with E-state index in [4.69, 9.17) is 4.99 Å². The fraction of sp³-hybridized carbons (Fsp3) is 0.375. The summed E-state index contributed by atoms with van der Waals surface area (Å²) in [5.41, 5.74) is 3.55. The smallest absolute Gasteiger partial charge is 0.0868 e. The van der Waals surface area contributed by atoms with E-state index < -0.39 is 0 Å². The first kappa shape index (κ1) is 20.9. The molecule has 2 atom stereocenters. The Morgan fingerprint density at radius 3 is 2.44 bits per heavy atom. The van der Waals surface area contributed by atoms with Crippen LogP contribution in [0, 0.1) is 5.92 Å². The van der Waals surface area contributed by atoms with Crippen LogP contribution in [0.15, 0.2) is 89.6 Å². The van der Waals surface area contributed by atoms with E-state index in [1.165, 1.54) is 11.1 Å². The van der Waals surface area contributed by atoms with Crippen molar-refractivity contribution in [2.45, 2.75) is 53.0 Å². The third-order valence-corrected chi connectivity index (χ3v) is 4.17. The SMILES string of the molecule is C=CC1C=CC(/C=C/CC/C=C\C)N=C(/C=C/C)C(/C=C\CC)=C1C. The summed E-state index contributed by atoms with van der Waals surface area (Å²) in [7, 11) is 0. The predicted octanol–water partition coefficient (Wildman–Crippen LogP) is 6.94. The molecule has 0 saturated heterocycles. The van der Waals surface area contributed by atoms with Crippen molar-refractivity contribution in [1.82, 2.24) is 0 Å². The van der Waals surface area contributed by atoms with E-state index in [-0.39, 0.29) is 12.0 Å². The number of nitrogens with zero attached hydrogens (tertiary/aromatic N) is 1. The van der Waals surface area contributed by atoms with Gasteiger partial charge in [0.1, 0.15) is 0 Å². The molecule has 1 nitrogen and oxygen atoms in total. The number of aliphatic imine (C=N–C) groups is 1. The van der Waals surface area contributed by atoms with Gasteiger partial charge in [0.25, 0.3) is 0 Å². The first-order chi connectivity index (χ1) is 12.2. The average Bonchev–Trinajstić information content (AvgIpc) is 2.60. The van der Waals surface area contributed by atoms with Gasteiger partial charge >= 0.3 is 0 Å². The maximum Gasteiger partial charge on any atom is 0.0868 e. The van der Waals surface area contributed by atoms with Gasteiger partial charge in [0.05, 0.1) is 11.8 Å². The highest BCUT2D eigenvalue weighted by atomic mass is 14.8. The lowest BCUT2D eigenvalue weighted by Gasteiger charge is -2.19. The lowest BCUT2D eigenvalue weighted by Crippen LogP contribution is -2.12. The first-order valence-corrected chi connectivity index (χ1v) is 9.34. The van der Waals surface area contributed by atoms with Crippen LogP contribution in [-0.4, -0.2) is 11.8 Å². The lowest BCUT2D eigenvalue weighted by molar-refractivity contribution is 0.915. The largest absolute Gasteiger partial charge is 0.273 e. The molecule has 25 heavy (non-hydrogen) atoms. The molecule has 0 fully saturated rings. The molecular weight excluding hydrogens is 302 g/mol. The molecule has 1 rings (SSSR count). The van der Waals surface area contributed by atoms with Gasteiger partial charge in [-0.1, -0.05) is 73.3 Å². The fourth-order valence-corrected chi connectivity index (χ4v) is 2.73. The van der Waals surface area contributed by atoms with Crippen molar-refractivity contribution in [1.29, 1.82) is 0 Å². The standard InChI is InChI=1S/C24H33N/c1-6-10-12-13-14-16-22-19-18-21(9-4)20(5)23(17-11-7-2)24(25-22)15-8-3/h6,8-11,14-19,21-22H,4,7,12-13H2,1-3,5H3/b10-6-,15-8+,16-14+,17-11-,19-18?,23-20?,25-24?. The summed E-state index contributed by atoms with van der Waals surface area (Å²) in [6.07, 6.45) is 26.9. The molecule has 0 aromatic carbocycles. The summed E-state index contributed by atoms with van der Waals surface area (Å²) >= 11 is 0. The van der Waals surface area contributed by atoms with Gasteiger partial charge in [-0.3, -0.25) is 4.99 Å². The monoisotopic (exact) mass is 335 g/mol. The van der Waals surface area contributed by atoms with E-state index in [1.807, 2.05) is 13.0 Å². The van der Waals surface area contributed by atoms with Crippen LogP contribution in [0.25, 0.3) is 0 Å². The van der Waals surface area contributed by atoms with Crippen LogP contribution < -0.4 is 0 Å². The Labute approximate surface area is 154 Å². The molecule has 0 N–H and O–H groups in total. The highest BCUT2D eigenvalue weighted by Crippen LogP contribution is 2.24. The minimum Gasteiger partial charge on any atom is -0.273 e. The molecule has 0 aromatic rings. The molecule has 2 unspecified atom stereocenters. The zero-order chi connectivity index (χ0) is 18.5. The van der Waals surface area contributed by atoms with Crippen molar-refractivity contribution in [2.75, 3.05) is 0 Å². The van der Waals surface area contributed by atoms with Gasteiger partial charge < -0.3 is 0 Å². The number of unbranched alkanes of at least 4 members (excludes halogenated alkanes) is 1. The van der Waals surface area contributed by atoms with Crippen molar-refractivity contribution in [3.8, 4) is 0 Å². The van der Waals surface area contributed by atoms with Crippen LogP contribution >= 0.6 is 0 Å². The highest BCUT2D eigenvalue weighted by molar-refractivity contribution is 6.11. The van der Waals surface area contributed by atoms with E-state index in [2.05, 4.69) is 88.1 Å². The number of allylic oxidation sites excluding steroid dienone is 11. The van der Waals surface area contributed by atoms with Gasteiger partial charge in [-0.25, -0.2) is 0 Å². The minimum atomic E-state index is 0.0670. The Morgan fingerprint density at radius 1 is 1.04 bits per heavy atom. The Hall–Kier alpha value is -2.15. The Bertz CT molecular complexity index is 620. The van der Waals surface area contributed by atoms with E-state index in [0.29, 0.717) is 0 Å². The highest BCUT2D eigenvalue weighted by Gasteiger charge is 2.15. The summed E-state index contributed by atoms with van der Waals surface area (Å²) in [5.74, 6) is 0.242. The zero-order valence-corrected chi connectivity index (χ0v) is 16.3. The molecule has 1 heteroatoms. The molecule has 0 amide bonds. The molecule has 0 aliphatic carbocycles. The van der Waals surface area contributed by atoms with Crippen molar-refractivity contribution in [3.63, 3.8) is 0 Å². The van der Waals surface area contributed by atoms with E-state index in [0.717, 1.165) is 25.0 Å². The summed E-state index contributed by atoms with van der Waals surface area (Å²) in [6.45, 7) is 12.5. The lowest BCUT2D eigenvalue weighted by atomic mass is 9.90. The molecule has 0 saturated carbocycles. The second-order valence-electron chi connectivity index (χ2n) is 6.13. The van der Waals surface area contributed by atoms with Crippen LogP contribution in [0.1, 0.15) is 47.0 Å². The third kappa shape index (κ3) is 7.09. The maximum atomic E-state index is 4.99. The summed E-state index contributed by atoms with van der Waals surface area (Å²) < 4.78 is 0. The van der Waals surface area contributed by atoms with Crippen LogP contribution in [0.2, 0.25) is 0 Å². The van der Waals surface area contributed by atoms with Gasteiger partial charge in [-0.2, -0.15) is 0 Å². The summed E-state index contributed by atoms with van der Waals surface area (Å²) in [5, 5.41) is 0. The second-order valence-corrected chi connectivity index (χ2v) is 6.13. The number of hydrogen-bond acceptors (Lipinski definition) is 1. The second kappa shape index (κ2) is 12.2. The van der Waals surface area contributed by atoms with Crippen LogP contribution in [0.5, 0.6) is 0 Å². The predicted molar refractivity (Wildman–Crippen MR) is 114 cm³/mol. The molecule has 1 aliphatic heterocycles. The van der Waals surface area contributed by atoms with Crippen molar-refractivity contribution in [2.24, 2.45) is 10.9 Å². The van der Waals surface area contributed by atoms with Gasteiger partial charge in [-0.15, -0.1) is 6.58 Å². The topological polar surface area (TPSA) is 12.4 Å². The molecule has 1 heterocycles. The maximum absolute atomic E-state index is 4.99. The van der Waals surface area contributed by atoms with E-state index in [9.17, 15) is 0 Å². The normalized spacial score (nSPS) is 22.3. The molecule has 0 radical (unpaired) electrons. The number of hydrogen-bond donors (Lipinski definition) is 0. The zero-order valence-electron chi connectivity index (χ0n) is 16.3. The van der Waals surface area contributed by atoms with Gasteiger partial charge in [0, 0.05) is 5.92 Å². The van der Waals surface area contributed by atoms with Gasteiger partial charge in [0.2, 0.25) is 0 Å². The molecule has 1 aliphatic rings. The Balaban J connectivity index is 3.25. The summed E-state index contributed by atoms with van der Waals surface area (Å²) in [4.78, 5) is 4.99. The Kier molecular flexibility index (Phi) is 10.2. The van der Waals surface area contributed by atoms with Crippen molar-refractivity contribution < 1.29 is 0 Å². The molecule has 0 spiro atoms. The van der Waals surface area contributed by atoms with E-state index in [1.54, 1.807) is 0 Å². The first-order valence-electron chi connectivity index (χ1n) is 9.34. The van der Waals surface area contributed by atoms with Crippen molar-refractivity contribution in [3.05, 3.63) is 84.6 Å². The molecule has 0 bridgehead atoms. The third-order valence-electron chi connectivity index (χ3n) is 4.17. The molecular formula is C24H33N. The van der Waals surface area contributed by atoms with E-state index >= 15 is 0 Å². The number of rotatable bonds is 8.